The van der Waals surface area contributed by atoms with Crippen LogP contribution in [0.25, 0.3) is 16.9 Å². The predicted molar refractivity (Wildman–Crippen MR) is 122 cm³/mol. The van der Waals surface area contributed by atoms with Gasteiger partial charge in [-0.05, 0) is 50.0 Å². The van der Waals surface area contributed by atoms with Crippen molar-refractivity contribution in [2.24, 2.45) is 5.92 Å². The molecule has 1 atom stereocenters. The molecule has 1 aromatic carbocycles. The van der Waals surface area contributed by atoms with E-state index in [0.717, 1.165) is 54.8 Å². The first-order valence-electron chi connectivity index (χ1n) is 11.2. The first-order valence-corrected chi connectivity index (χ1v) is 11.2. The largest absolute Gasteiger partial charge is 0.497 e. The van der Waals surface area contributed by atoms with Crippen LogP contribution in [0.2, 0.25) is 0 Å². The third kappa shape index (κ3) is 4.22. The maximum Gasteiger partial charge on any atom is 0.254 e. The van der Waals surface area contributed by atoms with E-state index in [1.807, 2.05) is 22.8 Å². The summed E-state index contributed by atoms with van der Waals surface area (Å²) in [5, 5.41) is 4.49. The van der Waals surface area contributed by atoms with Gasteiger partial charge < -0.3 is 14.5 Å². The number of methoxy groups -OCH3 is 1. The maximum absolute atomic E-state index is 5.33. The molecular weight excluding hydrogens is 390 g/mol. The van der Waals surface area contributed by atoms with E-state index in [9.17, 15) is 0 Å². The molecule has 31 heavy (non-hydrogen) atoms. The number of benzene rings is 1. The lowest BCUT2D eigenvalue weighted by Gasteiger charge is -2.39. The second-order valence-corrected chi connectivity index (χ2v) is 8.75. The van der Waals surface area contributed by atoms with Crippen LogP contribution in [0.15, 0.2) is 36.8 Å². The monoisotopic (exact) mass is 421 g/mol. The number of piperidine rings is 1. The van der Waals surface area contributed by atoms with Gasteiger partial charge in [0.25, 0.3) is 5.78 Å². The molecule has 0 unspecified atom stereocenters. The quantitative estimate of drug-likeness (QED) is 0.626. The van der Waals surface area contributed by atoms with Gasteiger partial charge in [0.1, 0.15) is 17.9 Å². The van der Waals surface area contributed by atoms with Crippen LogP contribution >= 0.6 is 0 Å². The fourth-order valence-corrected chi connectivity index (χ4v) is 4.98. The summed E-state index contributed by atoms with van der Waals surface area (Å²) in [4.78, 5) is 16.4. The van der Waals surface area contributed by atoms with Gasteiger partial charge >= 0.3 is 0 Å². The van der Waals surface area contributed by atoms with Gasteiger partial charge in [-0.15, -0.1) is 0 Å². The van der Waals surface area contributed by atoms with E-state index in [4.69, 9.17) is 4.74 Å². The molecule has 2 aromatic heterocycles. The number of nitrogens with zero attached hydrogens (tertiary/aromatic N) is 7. The van der Waals surface area contributed by atoms with Gasteiger partial charge in [0.05, 0.1) is 7.11 Å². The van der Waals surface area contributed by atoms with Crippen molar-refractivity contribution >= 4 is 11.6 Å². The molecule has 164 valence electrons. The highest BCUT2D eigenvalue weighted by Crippen LogP contribution is 2.32. The van der Waals surface area contributed by atoms with Gasteiger partial charge in [-0.25, -0.2) is 4.98 Å². The summed E-state index contributed by atoms with van der Waals surface area (Å²) in [7, 11) is 3.94. The van der Waals surface area contributed by atoms with Gasteiger partial charge in [0.2, 0.25) is 0 Å². The summed E-state index contributed by atoms with van der Waals surface area (Å²) in [5.41, 5.74) is 2.18. The van der Waals surface area contributed by atoms with Crippen LogP contribution in [-0.2, 0) is 0 Å². The summed E-state index contributed by atoms with van der Waals surface area (Å²) >= 11 is 0. The fraction of sp³-hybridized carbons (Fsp3) is 0.522. The summed E-state index contributed by atoms with van der Waals surface area (Å²) in [6.45, 7) is 7.77. The van der Waals surface area contributed by atoms with Crippen molar-refractivity contribution in [2.75, 3.05) is 64.9 Å². The summed E-state index contributed by atoms with van der Waals surface area (Å²) in [5.74, 6) is 3.36. The number of fused-ring (bicyclic) bond motifs is 1. The molecule has 2 fully saturated rings. The van der Waals surface area contributed by atoms with Crippen LogP contribution in [0.3, 0.4) is 0 Å². The summed E-state index contributed by atoms with van der Waals surface area (Å²) in [6.07, 6.45) is 6.19. The van der Waals surface area contributed by atoms with Crippen molar-refractivity contribution in [3.8, 4) is 16.9 Å². The smallest absolute Gasteiger partial charge is 0.254 e. The minimum atomic E-state index is 0.639. The zero-order valence-corrected chi connectivity index (χ0v) is 18.4. The number of hydrogen-bond acceptors (Lipinski definition) is 7. The molecule has 0 amide bonds. The average Bonchev–Trinajstić information content (AvgIpc) is 3.28. The Balaban J connectivity index is 1.36. The average molecular weight is 422 g/mol. The third-order valence-electron chi connectivity index (χ3n) is 6.59. The number of hydrogen-bond donors (Lipinski definition) is 0. The van der Waals surface area contributed by atoms with E-state index in [1.165, 1.54) is 32.5 Å². The third-order valence-corrected chi connectivity index (χ3v) is 6.59. The van der Waals surface area contributed by atoms with Crippen LogP contribution < -0.4 is 9.64 Å². The molecule has 4 heterocycles. The molecule has 2 saturated heterocycles. The number of rotatable bonds is 5. The number of aromatic nitrogens is 4. The highest BCUT2D eigenvalue weighted by atomic mass is 16.5. The molecule has 2 aliphatic rings. The summed E-state index contributed by atoms with van der Waals surface area (Å²) < 4.78 is 7.21. The Bertz CT molecular complexity index is 1010. The zero-order chi connectivity index (χ0) is 21.2. The Morgan fingerprint density at radius 2 is 1.84 bits per heavy atom. The number of piperazine rings is 1. The number of anilines is 1. The van der Waals surface area contributed by atoms with E-state index in [1.54, 1.807) is 13.4 Å². The van der Waals surface area contributed by atoms with E-state index in [-0.39, 0.29) is 0 Å². The Kier molecular flexibility index (Phi) is 5.74. The Morgan fingerprint density at radius 3 is 2.58 bits per heavy atom. The first-order chi connectivity index (χ1) is 15.2. The van der Waals surface area contributed by atoms with Crippen molar-refractivity contribution < 1.29 is 4.74 Å². The van der Waals surface area contributed by atoms with Crippen LogP contribution in [0.1, 0.15) is 12.8 Å². The molecule has 8 heteroatoms. The maximum atomic E-state index is 5.33. The van der Waals surface area contributed by atoms with Crippen molar-refractivity contribution in [3.05, 3.63) is 36.8 Å². The van der Waals surface area contributed by atoms with Crippen molar-refractivity contribution in [1.82, 2.24) is 29.4 Å². The molecular formula is C23H31N7O. The highest BCUT2D eigenvalue weighted by molar-refractivity contribution is 5.77. The lowest BCUT2D eigenvalue weighted by Crippen LogP contribution is -2.50. The van der Waals surface area contributed by atoms with Crippen molar-refractivity contribution in [2.45, 2.75) is 12.8 Å². The van der Waals surface area contributed by atoms with Crippen LogP contribution in [0.5, 0.6) is 5.75 Å². The van der Waals surface area contributed by atoms with Gasteiger partial charge in [-0.1, -0.05) is 12.1 Å². The van der Waals surface area contributed by atoms with Crippen LogP contribution in [-0.4, -0.2) is 89.4 Å². The molecule has 0 saturated carbocycles. The second kappa shape index (κ2) is 8.80. The van der Waals surface area contributed by atoms with Crippen molar-refractivity contribution in [3.63, 3.8) is 0 Å². The minimum Gasteiger partial charge on any atom is -0.497 e. The Labute approximate surface area is 183 Å². The fourth-order valence-electron chi connectivity index (χ4n) is 4.98. The molecule has 0 aliphatic carbocycles. The normalized spacial score (nSPS) is 21.0. The van der Waals surface area contributed by atoms with E-state index < -0.39 is 0 Å². The van der Waals surface area contributed by atoms with E-state index in [2.05, 4.69) is 48.9 Å². The van der Waals surface area contributed by atoms with E-state index >= 15 is 0 Å². The van der Waals surface area contributed by atoms with Gasteiger partial charge in [-0.3, -0.25) is 4.90 Å². The predicted octanol–water partition coefficient (Wildman–Crippen LogP) is 2.26. The standard InChI is InChI=1S/C23H31N7O/c1-27-9-3-4-18(15-27)16-28-10-12-29(13-11-28)22-21(14-24-23-25-17-26-30(22)23)19-5-7-20(31-2)8-6-19/h5-8,14,17-18H,3-4,9-13,15-16H2,1-2H3/t18-/m0/s1. The first kappa shape index (κ1) is 20.2. The summed E-state index contributed by atoms with van der Waals surface area (Å²) in [6, 6.07) is 8.14. The molecule has 5 rings (SSSR count). The molecule has 2 aliphatic heterocycles. The lowest BCUT2D eigenvalue weighted by molar-refractivity contribution is 0.147. The second-order valence-electron chi connectivity index (χ2n) is 8.75. The van der Waals surface area contributed by atoms with Crippen LogP contribution in [0.4, 0.5) is 5.82 Å². The van der Waals surface area contributed by atoms with Gasteiger partial charge in [0.15, 0.2) is 0 Å². The number of ether oxygens (including phenoxy) is 1. The lowest BCUT2D eigenvalue weighted by atomic mass is 9.97. The van der Waals surface area contributed by atoms with Crippen LogP contribution in [0, 0.1) is 5.92 Å². The molecule has 8 nitrogen and oxygen atoms in total. The highest BCUT2D eigenvalue weighted by Gasteiger charge is 2.26. The van der Waals surface area contributed by atoms with Gasteiger partial charge in [0, 0.05) is 51.0 Å². The van der Waals surface area contributed by atoms with Crippen molar-refractivity contribution in [1.29, 1.82) is 0 Å². The SMILES string of the molecule is COc1ccc(-c2cnc3ncnn3c2N2CCN(C[C@H]3CCCN(C)C3)CC2)cc1. The zero-order valence-electron chi connectivity index (χ0n) is 18.4. The Morgan fingerprint density at radius 1 is 1.03 bits per heavy atom. The molecule has 0 spiro atoms. The van der Waals surface area contributed by atoms with E-state index in [0.29, 0.717) is 5.78 Å². The Hall–Kier alpha value is -2.71. The molecule has 0 radical (unpaired) electrons. The van der Waals surface area contributed by atoms with Gasteiger partial charge in [-0.2, -0.15) is 14.6 Å². The minimum absolute atomic E-state index is 0.639. The molecule has 0 bridgehead atoms. The molecule has 3 aromatic rings. The number of likely N-dealkylation sites (tertiary alicyclic amines) is 1. The molecule has 0 N–H and O–H groups in total. The topological polar surface area (TPSA) is 62.0 Å².